The minimum Gasteiger partial charge on any atom is -0.461 e. The summed E-state index contributed by atoms with van der Waals surface area (Å²) in [5.41, 5.74) is 1.89. The number of hydrogen-bond acceptors (Lipinski definition) is 3. The number of nitrogens with one attached hydrogen (secondary N) is 1. The Balaban J connectivity index is 1.59. The van der Waals surface area contributed by atoms with E-state index >= 15 is 0 Å². The average Bonchev–Trinajstić information content (AvgIpc) is 3.02. The molecular weight excluding hydrogens is 334 g/mol. The molecule has 4 nitrogen and oxygen atoms in total. The summed E-state index contributed by atoms with van der Waals surface area (Å²) in [5, 5.41) is 2.97. The standard InChI is InChI=1S/C16H16BrNO3/c1-7-3-2-4-8(5-7)18-15(19)11-9-6-10-12(11)16(20)21-14(10)13(9)17/h2-5,9-14H,6H2,1H3,(H,18,19)/t9-,10+,11+,12-,13+,14-/m0/s1. The molecule has 1 amide bonds. The van der Waals surface area contributed by atoms with Gasteiger partial charge in [-0.1, -0.05) is 28.1 Å². The van der Waals surface area contributed by atoms with Crippen LogP contribution < -0.4 is 5.32 Å². The quantitative estimate of drug-likeness (QED) is 0.659. The second-order valence-electron chi connectivity index (χ2n) is 6.32. The van der Waals surface area contributed by atoms with E-state index in [0.717, 1.165) is 17.7 Å². The van der Waals surface area contributed by atoms with Crippen molar-refractivity contribution in [2.24, 2.45) is 23.7 Å². The van der Waals surface area contributed by atoms with Crippen molar-refractivity contribution in [1.82, 2.24) is 0 Å². The SMILES string of the molecule is Cc1cccc(NC(=O)[C@@H]2[C@@H]3C[C@H]4[C@H](OC(=O)[C@@H]42)[C@@H]3Br)c1. The van der Waals surface area contributed by atoms with Crippen LogP contribution in [0.1, 0.15) is 12.0 Å². The van der Waals surface area contributed by atoms with Crippen LogP contribution in [0.3, 0.4) is 0 Å². The van der Waals surface area contributed by atoms with Gasteiger partial charge in [0, 0.05) is 11.6 Å². The van der Waals surface area contributed by atoms with Crippen molar-refractivity contribution < 1.29 is 14.3 Å². The second-order valence-corrected chi connectivity index (χ2v) is 7.38. The van der Waals surface area contributed by atoms with Crippen molar-refractivity contribution in [3.63, 3.8) is 0 Å². The van der Waals surface area contributed by atoms with Gasteiger partial charge in [0.15, 0.2) is 0 Å². The van der Waals surface area contributed by atoms with Gasteiger partial charge in [0.1, 0.15) is 6.10 Å². The van der Waals surface area contributed by atoms with Crippen molar-refractivity contribution in [3.05, 3.63) is 29.8 Å². The predicted molar refractivity (Wildman–Crippen MR) is 81.0 cm³/mol. The number of fused-ring (bicyclic) bond motifs is 1. The van der Waals surface area contributed by atoms with E-state index in [1.165, 1.54) is 0 Å². The van der Waals surface area contributed by atoms with E-state index in [0.29, 0.717) is 0 Å². The summed E-state index contributed by atoms with van der Waals surface area (Å²) < 4.78 is 5.44. The van der Waals surface area contributed by atoms with Crippen molar-refractivity contribution in [1.29, 1.82) is 0 Å². The summed E-state index contributed by atoms with van der Waals surface area (Å²) in [6.07, 6.45) is 0.874. The van der Waals surface area contributed by atoms with Crippen LogP contribution in [0.2, 0.25) is 0 Å². The van der Waals surface area contributed by atoms with Gasteiger partial charge < -0.3 is 10.1 Å². The van der Waals surface area contributed by atoms with Crippen LogP contribution in [0.25, 0.3) is 0 Å². The zero-order valence-electron chi connectivity index (χ0n) is 11.6. The number of hydrogen-bond donors (Lipinski definition) is 1. The monoisotopic (exact) mass is 349 g/mol. The van der Waals surface area contributed by atoms with E-state index in [1.54, 1.807) is 0 Å². The number of aryl methyl sites for hydroxylation is 1. The maximum atomic E-state index is 12.7. The van der Waals surface area contributed by atoms with E-state index in [4.69, 9.17) is 4.74 Å². The highest BCUT2D eigenvalue weighted by Gasteiger charge is 2.67. The minimum atomic E-state index is -0.272. The smallest absolute Gasteiger partial charge is 0.310 e. The van der Waals surface area contributed by atoms with Gasteiger partial charge in [0.05, 0.1) is 16.7 Å². The third kappa shape index (κ3) is 1.86. The summed E-state index contributed by atoms with van der Waals surface area (Å²) in [7, 11) is 0. The molecule has 21 heavy (non-hydrogen) atoms. The minimum absolute atomic E-state index is 0.0319. The summed E-state index contributed by atoms with van der Waals surface area (Å²) in [5.74, 6) is -0.371. The topological polar surface area (TPSA) is 55.4 Å². The van der Waals surface area contributed by atoms with Crippen molar-refractivity contribution in [2.75, 3.05) is 5.32 Å². The molecule has 4 rings (SSSR count). The Kier molecular flexibility index (Phi) is 2.89. The number of halogens is 1. The molecule has 0 aromatic heterocycles. The molecule has 0 unspecified atom stereocenters. The maximum absolute atomic E-state index is 12.7. The third-order valence-electron chi connectivity index (χ3n) is 5.11. The Morgan fingerprint density at radius 3 is 2.95 bits per heavy atom. The van der Waals surface area contributed by atoms with Gasteiger partial charge >= 0.3 is 5.97 Å². The molecule has 110 valence electrons. The molecule has 1 aliphatic heterocycles. The fourth-order valence-corrected chi connectivity index (χ4v) is 5.32. The Morgan fingerprint density at radius 1 is 1.38 bits per heavy atom. The summed E-state index contributed by atoms with van der Waals surface area (Å²) >= 11 is 3.62. The van der Waals surface area contributed by atoms with Crippen molar-refractivity contribution >= 4 is 33.5 Å². The zero-order chi connectivity index (χ0) is 14.7. The Morgan fingerprint density at radius 2 is 2.19 bits per heavy atom. The van der Waals surface area contributed by atoms with Gasteiger partial charge in [-0.25, -0.2) is 0 Å². The first-order chi connectivity index (χ1) is 10.1. The molecule has 2 bridgehead atoms. The molecule has 1 N–H and O–H groups in total. The van der Waals surface area contributed by atoms with Crippen LogP contribution in [-0.4, -0.2) is 22.8 Å². The molecule has 1 heterocycles. The van der Waals surface area contributed by atoms with Crippen LogP contribution in [-0.2, 0) is 14.3 Å². The van der Waals surface area contributed by atoms with Gasteiger partial charge in [-0.05, 0) is 37.0 Å². The van der Waals surface area contributed by atoms with Crippen LogP contribution in [0.5, 0.6) is 0 Å². The molecule has 5 heteroatoms. The molecule has 2 saturated carbocycles. The predicted octanol–water partition coefficient (Wildman–Crippen LogP) is 2.50. The number of alkyl halides is 1. The third-order valence-corrected chi connectivity index (χ3v) is 6.31. The molecule has 1 aromatic carbocycles. The van der Waals surface area contributed by atoms with Crippen LogP contribution >= 0.6 is 15.9 Å². The van der Waals surface area contributed by atoms with Gasteiger partial charge in [-0.15, -0.1) is 0 Å². The molecule has 6 atom stereocenters. The number of esters is 1. The molecule has 1 saturated heterocycles. The second kappa shape index (κ2) is 4.57. The van der Waals surface area contributed by atoms with Crippen molar-refractivity contribution in [2.45, 2.75) is 24.3 Å². The van der Waals surface area contributed by atoms with E-state index in [-0.39, 0.29) is 46.5 Å². The van der Waals surface area contributed by atoms with Crippen LogP contribution in [0, 0.1) is 30.6 Å². The number of anilines is 1. The molecule has 1 aromatic rings. The normalized spacial score (nSPS) is 39.4. The molecule has 2 aliphatic carbocycles. The summed E-state index contributed by atoms with van der Waals surface area (Å²) in [6.45, 7) is 1.99. The van der Waals surface area contributed by atoms with Crippen LogP contribution in [0.4, 0.5) is 5.69 Å². The summed E-state index contributed by atoms with van der Waals surface area (Å²) in [6, 6.07) is 7.71. The van der Waals surface area contributed by atoms with Crippen molar-refractivity contribution in [3.8, 4) is 0 Å². The summed E-state index contributed by atoms with van der Waals surface area (Å²) in [4.78, 5) is 24.8. The van der Waals surface area contributed by atoms with Crippen LogP contribution in [0.15, 0.2) is 24.3 Å². The molecule has 0 spiro atoms. The fourth-order valence-electron chi connectivity index (χ4n) is 4.28. The van der Waals surface area contributed by atoms with E-state index in [9.17, 15) is 9.59 Å². The van der Waals surface area contributed by atoms with Gasteiger partial charge in [-0.2, -0.15) is 0 Å². The Bertz CT molecular complexity index is 632. The number of rotatable bonds is 2. The number of benzene rings is 1. The number of carbonyl (C=O) groups is 2. The van der Waals surface area contributed by atoms with E-state index in [2.05, 4.69) is 21.2 Å². The average molecular weight is 350 g/mol. The van der Waals surface area contributed by atoms with Gasteiger partial charge in [0.2, 0.25) is 5.91 Å². The molecule has 3 aliphatic rings. The zero-order valence-corrected chi connectivity index (χ0v) is 13.2. The first-order valence-corrected chi connectivity index (χ1v) is 8.20. The molecule has 0 radical (unpaired) electrons. The first kappa shape index (κ1) is 13.3. The van der Waals surface area contributed by atoms with E-state index < -0.39 is 0 Å². The van der Waals surface area contributed by atoms with Gasteiger partial charge in [-0.3, -0.25) is 9.59 Å². The Labute approximate surface area is 131 Å². The fraction of sp³-hybridized carbons (Fsp3) is 0.500. The molecular formula is C16H16BrNO3. The lowest BCUT2D eigenvalue weighted by Crippen LogP contribution is -2.40. The first-order valence-electron chi connectivity index (χ1n) is 7.28. The number of ether oxygens (including phenoxy) is 1. The highest BCUT2D eigenvalue weighted by molar-refractivity contribution is 9.09. The lowest BCUT2D eigenvalue weighted by molar-refractivity contribution is -0.145. The number of amides is 1. The Hall–Kier alpha value is -1.36. The number of carbonyl (C=O) groups excluding carboxylic acids is 2. The maximum Gasteiger partial charge on any atom is 0.310 e. The van der Waals surface area contributed by atoms with E-state index in [1.807, 2.05) is 31.2 Å². The van der Waals surface area contributed by atoms with Gasteiger partial charge in [0.25, 0.3) is 0 Å². The highest BCUT2D eigenvalue weighted by Crippen LogP contribution is 2.60. The highest BCUT2D eigenvalue weighted by atomic mass is 79.9. The lowest BCUT2D eigenvalue weighted by atomic mass is 9.79. The molecule has 3 fully saturated rings. The lowest BCUT2D eigenvalue weighted by Gasteiger charge is -2.27. The largest absolute Gasteiger partial charge is 0.461 e.